The van der Waals surface area contributed by atoms with Gasteiger partial charge in [0.05, 0.1) is 10.7 Å². The highest BCUT2D eigenvalue weighted by atomic mass is 79.9. The van der Waals surface area contributed by atoms with Gasteiger partial charge in [0, 0.05) is 21.1 Å². The molecule has 0 radical (unpaired) electrons. The summed E-state index contributed by atoms with van der Waals surface area (Å²) in [6.07, 6.45) is 1.61. The third kappa shape index (κ3) is 3.43. The minimum Gasteiger partial charge on any atom is -0.316 e. The Morgan fingerprint density at radius 3 is 2.57 bits per heavy atom. The van der Waals surface area contributed by atoms with Gasteiger partial charge in [0.15, 0.2) is 5.13 Å². The maximum absolute atomic E-state index is 5.83. The van der Waals surface area contributed by atoms with Crippen molar-refractivity contribution in [3.05, 3.63) is 57.0 Å². The van der Waals surface area contributed by atoms with E-state index in [0.717, 1.165) is 31.6 Å². The molecular weight excluding hydrogens is 370 g/mol. The van der Waals surface area contributed by atoms with E-state index in [1.807, 2.05) is 18.2 Å². The number of anilines is 2. The molecule has 0 amide bonds. The average Bonchev–Trinajstić information content (AvgIpc) is 2.83. The number of nitrogens with zero attached hydrogens (tertiary/aromatic N) is 2. The van der Waals surface area contributed by atoms with Crippen molar-refractivity contribution in [2.75, 3.05) is 5.32 Å². The molecule has 3 rings (SSSR count). The Hall–Kier alpha value is -1.43. The van der Waals surface area contributed by atoms with Gasteiger partial charge in [-0.15, -0.1) is 11.3 Å². The molecule has 0 bridgehead atoms. The second kappa shape index (κ2) is 6.13. The molecule has 0 aliphatic heterocycles. The van der Waals surface area contributed by atoms with Crippen LogP contribution >= 0.6 is 38.9 Å². The van der Waals surface area contributed by atoms with Crippen LogP contribution in [0.5, 0.6) is 0 Å². The van der Waals surface area contributed by atoms with E-state index in [-0.39, 0.29) is 0 Å². The minimum absolute atomic E-state index is 0.617. The first-order valence-electron chi connectivity index (χ1n) is 6.24. The first kappa shape index (κ1) is 14.5. The zero-order valence-electron chi connectivity index (χ0n) is 11.1. The van der Waals surface area contributed by atoms with Crippen LogP contribution < -0.4 is 5.32 Å². The number of hydrogen-bond donors (Lipinski definition) is 1. The molecule has 1 N–H and O–H groups in total. The van der Waals surface area contributed by atoms with Crippen LogP contribution in [0.2, 0.25) is 5.02 Å². The summed E-state index contributed by atoms with van der Waals surface area (Å²) in [6.45, 7) is 2.06. The smallest absolute Gasteiger partial charge is 0.189 e. The summed E-state index contributed by atoms with van der Waals surface area (Å²) in [6, 6.07) is 11.8. The molecular formula is C15H11BrClN3S. The number of aryl methyl sites for hydroxylation is 1. The van der Waals surface area contributed by atoms with Gasteiger partial charge in [-0.2, -0.15) is 0 Å². The molecule has 0 atom stereocenters. The summed E-state index contributed by atoms with van der Waals surface area (Å²) in [5, 5.41) is 4.64. The van der Waals surface area contributed by atoms with Crippen molar-refractivity contribution < 1.29 is 0 Å². The highest BCUT2D eigenvalue weighted by Gasteiger charge is 2.10. The lowest BCUT2D eigenvalue weighted by molar-refractivity contribution is 1.28. The average molecular weight is 381 g/mol. The normalized spacial score (nSPS) is 10.6. The molecule has 3 aromatic rings. The van der Waals surface area contributed by atoms with E-state index in [0.29, 0.717) is 5.02 Å². The van der Waals surface area contributed by atoms with Crippen LogP contribution in [0.4, 0.5) is 10.9 Å². The number of nitrogens with one attached hydrogen (secondary N) is 1. The van der Waals surface area contributed by atoms with Gasteiger partial charge in [0.25, 0.3) is 0 Å². The minimum atomic E-state index is 0.617. The molecule has 0 saturated carbocycles. The third-order valence-corrected chi connectivity index (χ3v) is 4.52. The number of pyridine rings is 1. The maximum atomic E-state index is 5.83. The summed E-state index contributed by atoms with van der Waals surface area (Å²) in [4.78, 5) is 10.0. The van der Waals surface area contributed by atoms with Crippen molar-refractivity contribution in [2.45, 2.75) is 6.92 Å². The molecule has 0 fully saturated rings. The van der Waals surface area contributed by atoms with E-state index in [4.69, 9.17) is 11.6 Å². The highest BCUT2D eigenvalue weighted by Crippen LogP contribution is 2.32. The fourth-order valence-corrected chi connectivity index (χ4v) is 3.10. The fraction of sp³-hybridized carbons (Fsp3) is 0.0667. The molecule has 1 aromatic carbocycles. The molecule has 0 saturated heterocycles. The summed E-state index contributed by atoms with van der Waals surface area (Å²) < 4.78 is 1.06. The lowest BCUT2D eigenvalue weighted by Crippen LogP contribution is -1.92. The Morgan fingerprint density at radius 1 is 1.14 bits per heavy atom. The van der Waals surface area contributed by atoms with Gasteiger partial charge in [-0.25, -0.2) is 9.97 Å². The molecule has 0 unspecified atom stereocenters. The van der Waals surface area contributed by atoms with Crippen molar-refractivity contribution in [1.82, 2.24) is 9.97 Å². The topological polar surface area (TPSA) is 37.8 Å². The van der Waals surface area contributed by atoms with Crippen LogP contribution in [0.3, 0.4) is 0 Å². The van der Waals surface area contributed by atoms with Gasteiger partial charge in [0.1, 0.15) is 5.82 Å². The number of benzene rings is 1. The SMILES string of the molecule is Cc1sc(Nc2ccc(Cl)cn2)nc1-c1ccc(Br)cc1. The van der Waals surface area contributed by atoms with E-state index in [9.17, 15) is 0 Å². The molecule has 0 aliphatic rings. The van der Waals surface area contributed by atoms with Crippen molar-refractivity contribution in [3.63, 3.8) is 0 Å². The lowest BCUT2D eigenvalue weighted by Gasteiger charge is -2.01. The van der Waals surface area contributed by atoms with E-state index in [2.05, 4.69) is 50.3 Å². The Morgan fingerprint density at radius 2 is 1.90 bits per heavy atom. The molecule has 2 heterocycles. The van der Waals surface area contributed by atoms with Crippen molar-refractivity contribution in [2.24, 2.45) is 0 Å². The summed E-state index contributed by atoms with van der Waals surface area (Å²) >= 11 is 10.9. The van der Waals surface area contributed by atoms with E-state index >= 15 is 0 Å². The molecule has 2 aromatic heterocycles. The van der Waals surface area contributed by atoms with Crippen LogP contribution in [0.25, 0.3) is 11.3 Å². The predicted molar refractivity (Wildman–Crippen MR) is 92.5 cm³/mol. The van der Waals surface area contributed by atoms with E-state index in [1.54, 1.807) is 23.6 Å². The van der Waals surface area contributed by atoms with E-state index < -0.39 is 0 Å². The Bertz CT molecular complexity index is 754. The van der Waals surface area contributed by atoms with Crippen molar-refractivity contribution >= 4 is 49.8 Å². The number of aromatic nitrogens is 2. The molecule has 6 heteroatoms. The number of halogens is 2. The number of thiazole rings is 1. The zero-order chi connectivity index (χ0) is 14.8. The first-order valence-corrected chi connectivity index (χ1v) is 8.22. The van der Waals surface area contributed by atoms with Gasteiger partial charge in [-0.3, -0.25) is 0 Å². The zero-order valence-corrected chi connectivity index (χ0v) is 14.3. The van der Waals surface area contributed by atoms with Crippen LogP contribution in [0, 0.1) is 6.92 Å². The van der Waals surface area contributed by atoms with Gasteiger partial charge in [0.2, 0.25) is 0 Å². The first-order chi connectivity index (χ1) is 10.1. The van der Waals surface area contributed by atoms with E-state index in [1.165, 1.54) is 0 Å². The predicted octanol–water partition coefficient (Wildman–Crippen LogP) is 5.67. The number of hydrogen-bond acceptors (Lipinski definition) is 4. The Balaban J connectivity index is 1.87. The lowest BCUT2D eigenvalue weighted by atomic mass is 10.1. The van der Waals surface area contributed by atoms with Crippen LogP contribution in [-0.2, 0) is 0 Å². The molecule has 106 valence electrons. The Kier molecular flexibility index (Phi) is 4.24. The summed E-state index contributed by atoms with van der Waals surface area (Å²) in [7, 11) is 0. The monoisotopic (exact) mass is 379 g/mol. The molecule has 0 aliphatic carbocycles. The van der Waals surface area contributed by atoms with Gasteiger partial charge < -0.3 is 5.32 Å². The van der Waals surface area contributed by atoms with Crippen molar-refractivity contribution in [1.29, 1.82) is 0 Å². The van der Waals surface area contributed by atoms with Gasteiger partial charge in [-0.1, -0.05) is 39.7 Å². The molecule has 0 spiro atoms. The van der Waals surface area contributed by atoms with Crippen molar-refractivity contribution in [3.8, 4) is 11.3 Å². The van der Waals surface area contributed by atoms with Gasteiger partial charge >= 0.3 is 0 Å². The fourth-order valence-electron chi connectivity index (χ4n) is 1.88. The van der Waals surface area contributed by atoms with Gasteiger partial charge in [-0.05, 0) is 31.2 Å². The standard InChI is InChI=1S/C15H11BrClN3S/c1-9-14(10-2-4-11(16)5-3-10)20-15(21-9)19-13-7-6-12(17)8-18-13/h2-8H,1H3,(H,18,19,20). The highest BCUT2D eigenvalue weighted by molar-refractivity contribution is 9.10. The second-order valence-corrected chi connectivity index (χ2v) is 6.97. The van der Waals surface area contributed by atoms with Crippen LogP contribution in [-0.4, -0.2) is 9.97 Å². The molecule has 3 nitrogen and oxygen atoms in total. The van der Waals surface area contributed by atoms with Crippen LogP contribution in [0.1, 0.15) is 4.88 Å². The quantitative estimate of drug-likeness (QED) is 0.636. The van der Waals surface area contributed by atoms with Crippen LogP contribution in [0.15, 0.2) is 47.1 Å². The largest absolute Gasteiger partial charge is 0.316 e. The Labute approximate surface area is 140 Å². The third-order valence-electron chi connectivity index (χ3n) is 2.88. The molecule has 21 heavy (non-hydrogen) atoms. The summed E-state index contributed by atoms with van der Waals surface area (Å²) in [5.41, 5.74) is 2.09. The number of rotatable bonds is 3. The second-order valence-electron chi connectivity index (χ2n) is 4.42. The summed E-state index contributed by atoms with van der Waals surface area (Å²) in [5.74, 6) is 0.732. The maximum Gasteiger partial charge on any atom is 0.189 e.